The summed E-state index contributed by atoms with van der Waals surface area (Å²) in [7, 11) is 1.63. The number of nitrogens with one attached hydrogen (secondary N) is 1. The van der Waals surface area contributed by atoms with Gasteiger partial charge in [-0.05, 0) is 76.9 Å². The minimum atomic E-state index is -0.0908. The number of rotatable bonds is 9. The van der Waals surface area contributed by atoms with Gasteiger partial charge in [0.2, 0.25) is 0 Å². The van der Waals surface area contributed by atoms with Gasteiger partial charge in [-0.15, -0.1) is 0 Å². The van der Waals surface area contributed by atoms with Crippen molar-refractivity contribution in [2.24, 2.45) is 0 Å². The lowest BCUT2D eigenvalue weighted by molar-refractivity contribution is 0.140. The maximum Gasteiger partial charge on any atom is 0.321 e. The van der Waals surface area contributed by atoms with Crippen molar-refractivity contribution in [1.29, 1.82) is 0 Å². The molecular formula is C28H42N4O3. The van der Waals surface area contributed by atoms with Gasteiger partial charge in [0.25, 0.3) is 0 Å². The van der Waals surface area contributed by atoms with E-state index < -0.39 is 0 Å². The SMILES string of the molecule is COc1ccc(NC(=O)N2CCN(c3cc(C)cc(C)c3)CC2)cc1OCCN(C(C)C)C(C)C. The monoisotopic (exact) mass is 482 g/mol. The third kappa shape index (κ3) is 7.28. The molecule has 0 bridgehead atoms. The second-order valence-corrected chi connectivity index (χ2v) is 9.89. The van der Waals surface area contributed by atoms with Gasteiger partial charge >= 0.3 is 6.03 Å². The number of hydrogen-bond donors (Lipinski definition) is 1. The van der Waals surface area contributed by atoms with Gasteiger partial charge in [0.1, 0.15) is 6.61 Å². The minimum Gasteiger partial charge on any atom is -0.493 e. The largest absolute Gasteiger partial charge is 0.493 e. The van der Waals surface area contributed by atoms with Crippen molar-refractivity contribution in [3.05, 3.63) is 47.5 Å². The van der Waals surface area contributed by atoms with Gasteiger partial charge in [0.05, 0.1) is 7.11 Å². The molecule has 1 aliphatic heterocycles. The number of anilines is 2. The van der Waals surface area contributed by atoms with Crippen molar-refractivity contribution < 1.29 is 14.3 Å². The molecule has 1 heterocycles. The average molecular weight is 483 g/mol. The van der Waals surface area contributed by atoms with Crippen molar-refractivity contribution in [3.8, 4) is 11.5 Å². The summed E-state index contributed by atoms with van der Waals surface area (Å²) in [6.45, 7) is 17.4. The van der Waals surface area contributed by atoms with Crippen LogP contribution in [0, 0.1) is 13.8 Å². The van der Waals surface area contributed by atoms with E-state index in [0.717, 1.165) is 19.6 Å². The Morgan fingerprint density at radius 3 is 2.14 bits per heavy atom. The van der Waals surface area contributed by atoms with Gasteiger partial charge in [-0.25, -0.2) is 4.79 Å². The molecule has 1 N–H and O–H groups in total. The molecule has 0 aromatic heterocycles. The summed E-state index contributed by atoms with van der Waals surface area (Å²) in [4.78, 5) is 19.6. The summed E-state index contributed by atoms with van der Waals surface area (Å²) in [5.74, 6) is 1.29. The van der Waals surface area contributed by atoms with Crippen molar-refractivity contribution >= 4 is 17.4 Å². The van der Waals surface area contributed by atoms with Crippen LogP contribution >= 0.6 is 0 Å². The first-order valence-corrected chi connectivity index (χ1v) is 12.6. The van der Waals surface area contributed by atoms with Crippen molar-refractivity contribution in [1.82, 2.24) is 9.80 Å². The van der Waals surface area contributed by atoms with Crippen LogP contribution in [-0.4, -0.2) is 74.4 Å². The molecule has 0 aliphatic carbocycles. The molecule has 3 rings (SSSR count). The predicted molar refractivity (Wildman–Crippen MR) is 144 cm³/mol. The highest BCUT2D eigenvalue weighted by Gasteiger charge is 2.22. The molecule has 2 aromatic carbocycles. The molecule has 0 atom stereocenters. The van der Waals surface area contributed by atoms with E-state index in [-0.39, 0.29) is 6.03 Å². The fourth-order valence-electron chi connectivity index (χ4n) is 4.74. The number of nitrogens with zero attached hydrogens (tertiary/aromatic N) is 3. The van der Waals surface area contributed by atoms with E-state index in [0.29, 0.717) is 49.0 Å². The Labute approximate surface area is 211 Å². The van der Waals surface area contributed by atoms with Crippen molar-refractivity contribution in [3.63, 3.8) is 0 Å². The highest BCUT2D eigenvalue weighted by Crippen LogP contribution is 2.30. The molecule has 2 aromatic rings. The number of carbonyl (C=O) groups excluding carboxylic acids is 1. The first kappa shape index (κ1) is 26.7. The maximum absolute atomic E-state index is 13.0. The maximum atomic E-state index is 13.0. The van der Waals surface area contributed by atoms with E-state index in [4.69, 9.17) is 9.47 Å². The summed E-state index contributed by atoms with van der Waals surface area (Å²) in [6.07, 6.45) is 0. The molecule has 0 saturated carbocycles. The Bertz CT molecular complexity index is 956. The average Bonchev–Trinajstić information content (AvgIpc) is 2.81. The number of hydrogen-bond acceptors (Lipinski definition) is 5. The summed E-state index contributed by atoms with van der Waals surface area (Å²) in [5, 5.41) is 3.03. The van der Waals surface area contributed by atoms with Crippen LogP contribution in [0.15, 0.2) is 36.4 Å². The summed E-state index contributed by atoms with van der Waals surface area (Å²) in [5.41, 5.74) is 4.46. The lowest BCUT2D eigenvalue weighted by atomic mass is 10.1. The third-order valence-corrected chi connectivity index (χ3v) is 6.49. The van der Waals surface area contributed by atoms with E-state index >= 15 is 0 Å². The molecule has 0 unspecified atom stereocenters. The van der Waals surface area contributed by atoms with E-state index in [1.54, 1.807) is 7.11 Å². The highest BCUT2D eigenvalue weighted by atomic mass is 16.5. The van der Waals surface area contributed by atoms with Crippen molar-refractivity contribution in [2.45, 2.75) is 53.6 Å². The van der Waals surface area contributed by atoms with Crippen LogP contribution in [0.1, 0.15) is 38.8 Å². The smallest absolute Gasteiger partial charge is 0.321 e. The molecule has 7 nitrogen and oxygen atoms in total. The Morgan fingerprint density at radius 1 is 0.943 bits per heavy atom. The number of amides is 2. The lowest BCUT2D eigenvalue weighted by Gasteiger charge is -2.36. The Morgan fingerprint density at radius 2 is 1.57 bits per heavy atom. The number of piperazine rings is 1. The van der Waals surface area contributed by atoms with E-state index in [9.17, 15) is 4.79 Å². The minimum absolute atomic E-state index is 0.0908. The van der Waals surface area contributed by atoms with Crippen LogP contribution < -0.4 is 19.7 Å². The van der Waals surface area contributed by atoms with Crippen molar-refractivity contribution in [2.75, 3.05) is 56.7 Å². The highest BCUT2D eigenvalue weighted by molar-refractivity contribution is 5.90. The topological polar surface area (TPSA) is 57.3 Å². The van der Waals surface area contributed by atoms with Crippen LogP contribution in [-0.2, 0) is 0 Å². The molecule has 0 radical (unpaired) electrons. The summed E-state index contributed by atoms with van der Waals surface area (Å²) >= 11 is 0. The normalized spacial score (nSPS) is 14.1. The second kappa shape index (κ2) is 12.2. The summed E-state index contributed by atoms with van der Waals surface area (Å²) < 4.78 is 11.5. The third-order valence-electron chi connectivity index (χ3n) is 6.49. The predicted octanol–water partition coefficient (Wildman–Crippen LogP) is 5.16. The molecule has 7 heteroatoms. The van der Waals surface area contributed by atoms with Gasteiger partial charge in [0.15, 0.2) is 11.5 Å². The first-order valence-electron chi connectivity index (χ1n) is 12.6. The fraction of sp³-hybridized carbons (Fsp3) is 0.536. The number of methoxy groups -OCH3 is 1. The molecule has 0 spiro atoms. The molecular weight excluding hydrogens is 440 g/mol. The van der Waals surface area contributed by atoms with Gasteiger partial charge in [-0.3, -0.25) is 4.90 Å². The standard InChI is InChI=1S/C28H42N4O3/c1-20(2)32(21(3)4)14-15-35-27-19-24(8-9-26(27)34-7)29-28(33)31-12-10-30(11-13-31)25-17-22(5)16-23(6)18-25/h8-9,16-21H,10-15H2,1-7H3,(H,29,33). The zero-order chi connectivity index (χ0) is 25.5. The quantitative estimate of drug-likeness (QED) is 0.535. The van der Waals surface area contributed by atoms with Crippen LogP contribution in [0.2, 0.25) is 0 Å². The molecule has 2 amide bonds. The first-order chi connectivity index (χ1) is 16.7. The molecule has 1 saturated heterocycles. The van der Waals surface area contributed by atoms with E-state index in [1.165, 1.54) is 16.8 Å². The van der Waals surface area contributed by atoms with Gasteiger partial charge in [-0.2, -0.15) is 0 Å². The number of urea groups is 1. The Balaban J connectivity index is 1.57. The number of aryl methyl sites for hydroxylation is 2. The number of ether oxygens (including phenoxy) is 2. The molecule has 35 heavy (non-hydrogen) atoms. The lowest BCUT2D eigenvalue weighted by Crippen LogP contribution is -2.50. The molecule has 1 fully saturated rings. The molecule has 1 aliphatic rings. The van der Waals surface area contributed by atoms with E-state index in [1.807, 2.05) is 23.1 Å². The molecule has 192 valence electrons. The summed E-state index contributed by atoms with van der Waals surface area (Å²) in [6, 6.07) is 12.9. The van der Waals surface area contributed by atoms with E-state index in [2.05, 4.69) is 74.9 Å². The van der Waals surface area contributed by atoms with Crippen LogP contribution in [0.5, 0.6) is 11.5 Å². The Hall–Kier alpha value is -2.93. The zero-order valence-electron chi connectivity index (χ0n) is 22.4. The number of benzene rings is 2. The van der Waals surface area contributed by atoms with Gasteiger partial charge < -0.3 is 24.6 Å². The van der Waals surface area contributed by atoms with Crippen LogP contribution in [0.4, 0.5) is 16.2 Å². The van der Waals surface area contributed by atoms with Crippen LogP contribution in [0.25, 0.3) is 0 Å². The number of carbonyl (C=O) groups is 1. The fourth-order valence-corrected chi connectivity index (χ4v) is 4.74. The van der Waals surface area contributed by atoms with Gasteiger partial charge in [0, 0.05) is 62.2 Å². The van der Waals surface area contributed by atoms with Gasteiger partial charge in [-0.1, -0.05) is 6.07 Å². The Kier molecular flexibility index (Phi) is 9.26. The zero-order valence-corrected chi connectivity index (χ0v) is 22.4. The van der Waals surface area contributed by atoms with Crippen LogP contribution in [0.3, 0.4) is 0 Å². The second-order valence-electron chi connectivity index (χ2n) is 9.89.